The van der Waals surface area contributed by atoms with Crippen molar-refractivity contribution in [3.05, 3.63) is 23.9 Å². The van der Waals surface area contributed by atoms with E-state index in [0.717, 1.165) is 0 Å². The van der Waals surface area contributed by atoms with Crippen molar-refractivity contribution >= 4 is 11.8 Å². The molecule has 0 bridgehead atoms. The molecule has 0 aliphatic rings. The molecule has 0 aliphatic carbocycles. The van der Waals surface area contributed by atoms with Gasteiger partial charge in [0, 0.05) is 18.7 Å². The Hall–Kier alpha value is -1.91. The van der Waals surface area contributed by atoms with Crippen LogP contribution in [0, 0.1) is 0 Å². The number of hydrogen-bond donors (Lipinski definition) is 1. The number of carbonyl (C=O) groups excluding carboxylic acids is 1. The lowest BCUT2D eigenvalue weighted by molar-refractivity contribution is -0.148. The second-order valence-electron chi connectivity index (χ2n) is 2.61. The van der Waals surface area contributed by atoms with Crippen molar-refractivity contribution in [1.82, 2.24) is 4.98 Å². The van der Waals surface area contributed by atoms with Crippen LogP contribution in [0.15, 0.2) is 18.3 Å². The summed E-state index contributed by atoms with van der Waals surface area (Å²) in [6.07, 6.45) is 1.27. The van der Waals surface area contributed by atoms with Crippen LogP contribution in [0.25, 0.3) is 0 Å². The second-order valence-corrected chi connectivity index (χ2v) is 2.61. The number of rotatable bonds is 4. The molecule has 5 nitrogen and oxygen atoms in total. The Kier molecular flexibility index (Phi) is 3.17. The van der Waals surface area contributed by atoms with E-state index < -0.39 is 11.8 Å². The molecule has 0 aromatic carbocycles. The quantitative estimate of drug-likeness (QED) is 0.698. The third-order valence-corrected chi connectivity index (χ3v) is 1.61. The molecule has 0 unspecified atom stereocenters. The molecule has 0 saturated heterocycles. The highest BCUT2D eigenvalue weighted by Gasteiger charge is 2.11. The van der Waals surface area contributed by atoms with Crippen LogP contribution in [-0.4, -0.2) is 29.0 Å². The number of Topliss-reactive ketones (excluding diaryl/α,β-unsaturated/α-hetero) is 1. The van der Waals surface area contributed by atoms with E-state index in [1.807, 2.05) is 0 Å². The van der Waals surface area contributed by atoms with Gasteiger partial charge in [-0.25, -0.2) is 9.78 Å². The Morgan fingerprint density at radius 2 is 2.21 bits per heavy atom. The van der Waals surface area contributed by atoms with Crippen molar-refractivity contribution in [3.8, 4) is 5.88 Å². The van der Waals surface area contributed by atoms with Crippen LogP contribution in [0.2, 0.25) is 0 Å². The zero-order valence-corrected chi connectivity index (χ0v) is 7.56. The van der Waals surface area contributed by atoms with E-state index >= 15 is 0 Å². The Morgan fingerprint density at radius 3 is 2.64 bits per heavy atom. The van der Waals surface area contributed by atoms with Gasteiger partial charge in [0.2, 0.25) is 11.7 Å². The largest absolute Gasteiger partial charge is 0.481 e. The van der Waals surface area contributed by atoms with Gasteiger partial charge in [-0.15, -0.1) is 0 Å². The van der Waals surface area contributed by atoms with Gasteiger partial charge >= 0.3 is 5.97 Å². The lowest BCUT2D eigenvalue weighted by atomic mass is 10.1. The summed E-state index contributed by atoms with van der Waals surface area (Å²) in [4.78, 5) is 24.9. The fourth-order valence-electron chi connectivity index (χ4n) is 0.897. The topological polar surface area (TPSA) is 76.5 Å². The first-order valence-corrected chi connectivity index (χ1v) is 3.88. The Bertz CT molecular complexity index is 344. The van der Waals surface area contributed by atoms with E-state index in [4.69, 9.17) is 9.84 Å². The summed E-state index contributed by atoms with van der Waals surface area (Å²) in [6, 6.07) is 3.18. The summed E-state index contributed by atoms with van der Waals surface area (Å²) < 4.78 is 4.81. The standard InChI is InChI=1S/C9H9NO4/c1-14-8-3-2-6(5-10-8)4-7(11)9(12)13/h2-3,5H,4H2,1H3,(H,12,13). The molecule has 0 spiro atoms. The van der Waals surface area contributed by atoms with Gasteiger partial charge in [-0.1, -0.05) is 6.07 Å². The van der Waals surface area contributed by atoms with E-state index in [9.17, 15) is 9.59 Å². The number of hydrogen-bond acceptors (Lipinski definition) is 4. The average molecular weight is 195 g/mol. The van der Waals surface area contributed by atoms with E-state index in [2.05, 4.69) is 4.98 Å². The molecule has 0 atom stereocenters. The maximum absolute atomic E-state index is 10.8. The maximum Gasteiger partial charge on any atom is 0.372 e. The smallest absolute Gasteiger partial charge is 0.372 e. The third-order valence-electron chi connectivity index (χ3n) is 1.61. The van der Waals surface area contributed by atoms with Gasteiger partial charge in [-0.2, -0.15) is 0 Å². The molecule has 1 aromatic heterocycles. The monoisotopic (exact) mass is 195 g/mol. The third kappa shape index (κ3) is 2.55. The van der Waals surface area contributed by atoms with Gasteiger partial charge in [0.05, 0.1) is 7.11 Å². The van der Waals surface area contributed by atoms with Gasteiger partial charge in [0.15, 0.2) is 0 Å². The molecule has 74 valence electrons. The molecule has 1 heterocycles. The minimum Gasteiger partial charge on any atom is -0.481 e. The second kappa shape index (κ2) is 4.36. The lowest BCUT2D eigenvalue weighted by Gasteiger charge is -1.99. The molecule has 14 heavy (non-hydrogen) atoms. The Morgan fingerprint density at radius 1 is 1.50 bits per heavy atom. The summed E-state index contributed by atoms with van der Waals surface area (Å²) in [6.45, 7) is 0. The van der Waals surface area contributed by atoms with Crippen molar-refractivity contribution in [2.24, 2.45) is 0 Å². The number of aliphatic carboxylic acids is 1. The Labute approximate surface area is 80.3 Å². The van der Waals surface area contributed by atoms with Crippen LogP contribution >= 0.6 is 0 Å². The number of aromatic nitrogens is 1. The molecule has 0 fully saturated rings. The van der Waals surface area contributed by atoms with Gasteiger partial charge < -0.3 is 9.84 Å². The van der Waals surface area contributed by atoms with Crippen LogP contribution in [0.3, 0.4) is 0 Å². The first kappa shape index (κ1) is 10.2. The SMILES string of the molecule is COc1ccc(CC(=O)C(=O)O)cn1. The minimum absolute atomic E-state index is 0.147. The number of methoxy groups -OCH3 is 1. The zero-order chi connectivity index (χ0) is 10.6. The fraction of sp³-hybridized carbons (Fsp3) is 0.222. The highest BCUT2D eigenvalue weighted by Crippen LogP contribution is 2.07. The number of carboxylic acids is 1. The molecule has 1 N–H and O–H groups in total. The van der Waals surface area contributed by atoms with E-state index in [1.54, 1.807) is 12.1 Å². The summed E-state index contributed by atoms with van der Waals surface area (Å²) >= 11 is 0. The average Bonchev–Trinajstić information content (AvgIpc) is 2.19. The van der Waals surface area contributed by atoms with Crippen LogP contribution in [0.1, 0.15) is 5.56 Å². The summed E-state index contributed by atoms with van der Waals surface area (Å²) in [5, 5.41) is 8.35. The number of ether oxygens (including phenoxy) is 1. The minimum atomic E-state index is -1.43. The molecule has 0 saturated carbocycles. The predicted molar refractivity (Wildman–Crippen MR) is 47.1 cm³/mol. The van der Waals surface area contributed by atoms with E-state index in [-0.39, 0.29) is 6.42 Å². The molecular formula is C9H9NO4. The summed E-state index contributed by atoms with van der Waals surface area (Å²) in [7, 11) is 1.48. The zero-order valence-electron chi connectivity index (χ0n) is 7.56. The van der Waals surface area contributed by atoms with Crippen LogP contribution in [0.5, 0.6) is 5.88 Å². The number of carbonyl (C=O) groups is 2. The number of pyridine rings is 1. The summed E-state index contributed by atoms with van der Waals surface area (Å²) in [5.74, 6) is -1.85. The van der Waals surface area contributed by atoms with Crippen LogP contribution < -0.4 is 4.74 Å². The number of ketones is 1. The van der Waals surface area contributed by atoms with Crippen molar-refractivity contribution < 1.29 is 19.4 Å². The molecule has 0 aliphatic heterocycles. The molecule has 1 rings (SSSR count). The normalized spacial score (nSPS) is 9.50. The van der Waals surface area contributed by atoms with Crippen LogP contribution in [0.4, 0.5) is 0 Å². The summed E-state index contributed by atoms with van der Waals surface area (Å²) in [5.41, 5.74) is 0.554. The number of carboxylic acid groups (broad SMARTS) is 1. The van der Waals surface area contributed by atoms with Crippen molar-refractivity contribution in [1.29, 1.82) is 0 Å². The van der Waals surface area contributed by atoms with Gasteiger partial charge in [-0.3, -0.25) is 4.79 Å². The van der Waals surface area contributed by atoms with Crippen molar-refractivity contribution in [2.45, 2.75) is 6.42 Å². The van der Waals surface area contributed by atoms with Crippen LogP contribution in [-0.2, 0) is 16.0 Å². The Balaban J connectivity index is 2.69. The van der Waals surface area contributed by atoms with Gasteiger partial charge in [-0.05, 0) is 5.56 Å². The number of nitrogens with zero attached hydrogens (tertiary/aromatic N) is 1. The van der Waals surface area contributed by atoms with Gasteiger partial charge in [0.1, 0.15) is 0 Å². The molecule has 0 amide bonds. The van der Waals surface area contributed by atoms with Gasteiger partial charge in [0.25, 0.3) is 0 Å². The first-order chi connectivity index (χ1) is 6.63. The molecule has 5 heteroatoms. The molecular weight excluding hydrogens is 186 g/mol. The van der Waals surface area contributed by atoms with Crippen molar-refractivity contribution in [3.63, 3.8) is 0 Å². The molecule has 1 aromatic rings. The van der Waals surface area contributed by atoms with Crippen molar-refractivity contribution in [2.75, 3.05) is 7.11 Å². The van der Waals surface area contributed by atoms with E-state index in [1.165, 1.54) is 13.3 Å². The predicted octanol–water partition coefficient (Wildman–Crippen LogP) is 0.286. The highest BCUT2D eigenvalue weighted by molar-refractivity contribution is 6.33. The fourth-order valence-corrected chi connectivity index (χ4v) is 0.897. The first-order valence-electron chi connectivity index (χ1n) is 3.88. The maximum atomic E-state index is 10.8. The van der Waals surface area contributed by atoms with E-state index in [0.29, 0.717) is 11.4 Å². The highest BCUT2D eigenvalue weighted by atomic mass is 16.5. The molecule has 0 radical (unpaired) electrons. The lowest BCUT2D eigenvalue weighted by Crippen LogP contribution is -2.15.